The number of alkyl halides is 3. The Hall–Kier alpha value is -3.49. The van der Waals surface area contributed by atoms with Crippen molar-refractivity contribution in [3.63, 3.8) is 0 Å². The second-order valence-corrected chi connectivity index (χ2v) is 7.39. The normalized spacial score (nSPS) is 21.0. The van der Waals surface area contributed by atoms with Gasteiger partial charge in [-0.1, -0.05) is 18.2 Å². The first-order valence-corrected chi connectivity index (χ1v) is 9.44. The van der Waals surface area contributed by atoms with Crippen LogP contribution >= 0.6 is 0 Å². The molecule has 160 valence electrons. The number of amidine groups is 1. The number of pyridine rings is 2. The predicted octanol–water partition coefficient (Wildman–Crippen LogP) is 3.62. The number of hydrogen-bond acceptors (Lipinski definition) is 4. The highest BCUT2D eigenvalue weighted by Gasteiger charge is 2.46. The van der Waals surface area contributed by atoms with Gasteiger partial charge in [0.2, 0.25) is 5.56 Å². The summed E-state index contributed by atoms with van der Waals surface area (Å²) in [4.78, 5) is 20.0. The van der Waals surface area contributed by atoms with E-state index in [0.717, 1.165) is 12.3 Å². The third-order valence-electron chi connectivity index (χ3n) is 5.43. The Balaban J connectivity index is 1.83. The molecular weight excluding hydrogens is 412 g/mol. The van der Waals surface area contributed by atoms with Gasteiger partial charge in [0.1, 0.15) is 22.9 Å². The van der Waals surface area contributed by atoms with Crippen LogP contribution in [0.5, 0.6) is 0 Å². The lowest BCUT2D eigenvalue weighted by Gasteiger charge is -2.35. The molecule has 0 amide bonds. The van der Waals surface area contributed by atoms with E-state index in [9.17, 15) is 22.4 Å². The monoisotopic (exact) mass is 430 g/mol. The first-order valence-electron chi connectivity index (χ1n) is 9.44. The number of halogens is 4. The number of nitrogens with one attached hydrogen (secondary N) is 1. The molecule has 9 heteroatoms. The van der Waals surface area contributed by atoms with Crippen LogP contribution < -0.4 is 10.9 Å². The minimum absolute atomic E-state index is 0.188. The van der Waals surface area contributed by atoms with E-state index in [4.69, 9.17) is 0 Å². The zero-order valence-corrected chi connectivity index (χ0v) is 16.6. The number of aromatic nitrogens is 2. The van der Waals surface area contributed by atoms with Gasteiger partial charge in [0.15, 0.2) is 0 Å². The maximum atomic E-state index is 13.6. The third-order valence-corrected chi connectivity index (χ3v) is 5.43. The van der Waals surface area contributed by atoms with Gasteiger partial charge in [-0.2, -0.15) is 13.2 Å². The van der Waals surface area contributed by atoms with Gasteiger partial charge in [0.25, 0.3) is 0 Å². The number of hydrogen-bond donors (Lipinski definition) is 1. The van der Waals surface area contributed by atoms with E-state index >= 15 is 0 Å². The van der Waals surface area contributed by atoms with E-state index in [1.54, 1.807) is 31.4 Å². The molecule has 1 aromatic carbocycles. The Labute approximate surface area is 175 Å². The molecule has 0 radical (unpaired) electrons. The van der Waals surface area contributed by atoms with Crippen molar-refractivity contribution in [3.8, 4) is 0 Å². The molecule has 0 saturated heterocycles. The van der Waals surface area contributed by atoms with Gasteiger partial charge in [0.05, 0.1) is 6.04 Å². The molecular formula is C22H18F4N4O. The van der Waals surface area contributed by atoms with Gasteiger partial charge in [-0.25, -0.2) is 4.39 Å². The van der Waals surface area contributed by atoms with Gasteiger partial charge < -0.3 is 9.88 Å². The molecule has 1 unspecified atom stereocenters. The van der Waals surface area contributed by atoms with Gasteiger partial charge in [-0.15, -0.1) is 0 Å². The lowest BCUT2D eigenvalue weighted by atomic mass is 9.79. The van der Waals surface area contributed by atoms with Crippen LogP contribution in [0.3, 0.4) is 0 Å². The first-order chi connectivity index (χ1) is 14.6. The van der Waals surface area contributed by atoms with Crippen molar-refractivity contribution in [1.29, 1.82) is 0 Å². The molecule has 3 heterocycles. The zero-order valence-electron chi connectivity index (χ0n) is 16.6. The van der Waals surface area contributed by atoms with E-state index < -0.39 is 29.3 Å². The summed E-state index contributed by atoms with van der Waals surface area (Å²) in [5, 5.41) is 3.32. The number of aliphatic imine (C=N–C) groups is 1. The van der Waals surface area contributed by atoms with Crippen LogP contribution in [0.4, 0.5) is 17.6 Å². The summed E-state index contributed by atoms with van der Waals surface area (Å²) in [5.41, 5.74) is -0.565. The van der Waals surface area contributed by atoms with Crippen molar-refractivity contribution < 1.29 is 17.6 Å². The van der Waals surface area contributed by atoms with E-state index in [0.29, 0.717) is 22.5 Å². The van der Waals surface area contributed by atoms with Crippen LogP contribution in [0, 0.1) is 5.82 Å². The van der Waals surface area contributed by atoms with Crippen molar-refractivity contribution in [1.82, 2.24) is 14.9 Å². The minimum Gasteiger partial charge on any atom is -0.354 e. The quantitative estimate of drug-likeness (QED) is 0.646. The minimum atomic E-state index is -4.56. The first kappa shape index (κ1) is 20.8. The molecule has 0 aliphatic carbocycles. The second kappa shape index (κ2) is 7.33. The number of benzene rings is 1. The number of aryl methyl sites for hydroxylation is 1. The van der Waals surface area contributed by atoms with E-state index in [-0.39, 0.29) is 5.56 Å². The second-order valence-electron chi connectivity index (χ2n) is 7.39. The number of nitrogens with zero attached hydrogens (tertiary/aromatic N) is 3. The average molecular weight is 430 g/mol. The Bertz CT molecular complexity index is 1200. The molecule has 0 saturated carbocycles. The summed E-state index contributed by atoms with van der Waals surface area (Å²) in [5.74, 6) is 0.0293. The van der Waals surface area contributed by atoms with Gasteiger partial charge in [-0.05, 0) is 36.8 Å². The van der Waals surface area contributed by atoms with Crippen LogP contribution in [0.2, 0.25) is 0 Å². The molecule has 1 aliphatic rings. The smallest absolute Gasteiger partial charge is 0.354 e. The lowest BCUT2D eigenvalue weighted by Crippen LogP contribution is -2.48. The van der Waals surface area contributed by atoms with Crippen LogP contribution in [-0.4, -0.2) is 21.4 Å². The molecule has 1 aliphatic heterocycles. The van der Waals surface area contributed by atoms with Crippen molar-refractivity contribution >= 4 is 5.84 Å². The Morgan fingerprint density at radius 1 is 1.03 bits per heavy atom. The zero-order chi connectivity index (χ0) is 22.4. The molecule has 5 nitrogen and oxygen atoms in total. The third kappa shape index (κ3) is 3.60. The predicted molar refractivity (Wildman–Crippen MR) is 107 cm³/mol. The largest absolute Gasteiger partial charge is 0.433 e. The molecule has 2 aromatic heterocycles. The fourth-order valence-corrected chi connectivity index (χ4v) is 3.80. The van der Waals surface area contributed by atoms with E-state index in [1.165, 1.54) is 28.8 Å². The van der Waals surface area contributed by atoms with Crippen LogP contribution in [-0.2, 0) is 18.8 Å². The van der Waals surface area contributed by atoms with E-state index in [2.05, 4.69) is 15.3 Å². The molecule has 31 heavy (non-hydrogen) atoms. The highest BCUT2D eigenvalue weighted by atomic mass is 19.4. The summed E-state index contributed by atoms with van der Waals surface area (Å²) >= 11 is 0. The topological polar surface area (TPSA) is 59.3 Å². The molecule has 0 bridgehead atoms. The van der Waals surface area contributed by atoms with Gasteiger partial charge in [0, 0.05) is 36.6 Å². The van der Waals surface area contributed by atoms with Crippen molar-refractivity contribution in [2.45, 2.75) is 24.7 Å². The Morgan fingerprint density at radius 3 is 2.29 bits per heavy atom. The molecule has 1 N–H and O–H groups in total. The van der Waals surface area contributed by atoms with Gasteiger partial charge >= 0.3 is 6.18 Å². The van der Waals surface area contributed by atoms with Crippen molar-refractivity contribution in [3.05, 3.63) is 99.5 Å². The maximum Gasteiger partial charge on any atom is 0.433 e. The molecule has 0 spiro atoms. The highest BCUT2D eigenvalue weighted by molar-refractivity contribution is 6.01. The van der Waals surface area contributed by atoms with Crippen LogP contribution in [0.15, 0.2) is 70.7 Å². The molecule has 0 fully saturated rings. The van der Waals surface area contributed by atoms with Crippen molar-refractivity contribution in [2.75, 3.05) is 0 Å². The standard InChI is InChI=1S/C22H18F4N4O/c1-13-21(15-4-7-17(23)8-5-15,16-6-9-18(27-11-16)22(24,25)26)29-20(28-13)14-3-10-19(31)30(2)12-14/h3-13H,1-2H3,(H,28,29)/t13-,21?/m0/s1. The molecule has 4 rings (SSSR count). The SMILES string of the molecule is C[C@@H]1N=C(c2ccc(=O)n(C)c2)NC1(c1ccc(F)cc1)c1ccc(C(F)(F)F)nc1. The Morgan fingerprint density at radius 2 is 1.71 bits per heavy atom. The summed E-state index contributed by atoms with van der Waals surface area (Å²) in [6.45, 7) is 1.81. The molecule has 3 aromatic rings. The summed E-state index contributed by atoms with van der Waals surface area (Å²) in [6, 6.07) is 10.5. The fourth-order valence-electron chi connectivity index (χ4n) is 3.80. The Kier molecular flexibility index (Phi) is 4.91. The summed E-state index contributed by atoms with van der Waals surface area (Å²) < 4.78 is 54.1. The van der Waals surface area contributed by atoms with Crippen molar-refractivity contribution in [2.24, 2.45) is 12.0 Å². The van der Waals surface area contributed by atoms with E-state index in [1.807, 2.05) is 6.92 Å². The molecule has 2 atom stereocenters. The maximum absolute atomic E-state index is 13.6. The fraction of sp³-hybridized carbons (Fsp3) is 0.227. The highest BCUT2D eigenvalue weighted by Crippen LogP contribution is 2.39. The summed E-state index contributed by atoms with van der Waals surface area (Å²) in [6.07, 6.45) is -1.78. The summed E-state index contributed by atoms with van der Waals surface area (Å²) in [7, 11) is 1.61. The number of rotatable bonds is 3. The lowest BCUT2D eigenvalue weighted by molar-refractivity contribution is -0.141. The van der Waals surface area contributed by atoms with Crippen LogP contribution in [0.25, 0.3) is 0 Å². The average Bonchev–Trinajstić information content (AvgIpc) is 3.08. The van der Waals surface area contributed by atoms with Crippen LogP contribution in [0.1, 0.15) is 29.3 Å². The van der Waals surface area contributed by atoms with Gasteiger partial charge in [-0.3, -0.25) is 14.8 Å².